The predicted octanol–water partition coefficient (Wildman–Crippen LogP) is 6.17. The highest BCUT2D eigenvalue weighted by Gasteiger charge is 2.25. The van der Waals surface area contributed by atoms with E-state index >= 15 is 4.39 Å². The van der Waals surface area contributed by atoms with Crippen LogP contribution in [0.25, 0.3) is 55.8 Å². The summed E-state index contributed by atoms with van der Waals surface area (Å²) >= 11 is 1.62. The first-order valence-corrected chi connectivity index (χ1v) is 12.9. The third kappa shape index (κ3) is 3.77. The Morgan fingerprint density at radius 2 is 2.03 bits per heavy atom. The predicted molar refractivity (Wildman–Crippen MR) is 141 cm³/mol. The first kappa shape index (κ1) is 21.8. The van der Waals surface area contributed by atoms with Crippen LogP contribution in [-0.2, 0) is 4.79 Å². The second-order valence-electron chi connectivity index (χ2n) is 9.19. The Morgan fingerprint density at radius 3 is 2.84 bits per heavy atom. The van der Waals surface area contributed by atoms with Gasteiger partial charge in [0.15, 0.2) is 17.3 Å². The van der Waals surface area contributed by atoms with Crippen LogP contribution in [0.3, 0.4) is 0 Å². The SMILES string of the molecule is O=C(Nc1cncc(-c2cc(F)c3n[nH]c(-c4nc5nccc(-c6ccsc6)c5[nH]4)c3c2)c1)C1CCC1. The number of fused-ring (bicyclic) bond motifs is 2. The zero-order chi connectivity index (χ0) is 24.9. The molecular formula is C27H20FN7OS. The van der Waals surface area contributed by atoms with Gasteiger partial charge in [0.1, 0.15) is 11.2 Å². The van der Waals surface area contributed by atoms with Crippen molar-refractivity contribution in [3.8, 4) is 33.8 Å². The molecule has 0 bridgehead atoms. The number of halogens is 1. The van der Waals surface area contributed by atoms with E-state index < -0.39 is 5.82 Å². The Morgan fingerprint density at radius 1 is 1.11 bits per heavy atom. The molecule has 6 aromatic rings. The van der Waals surface area contributed by atoms with Gasteiger partial charge in [-0.25, -0.2) is 14.4 Å². The number of imidazole rings is 1. The van der Waals surface area contributed by atoms with Crippen molar-refractivity contribution >= 4 is 45.0 Å². The lowest BCUT2D eigenvalue weighted by molar-refractivity contribution is -0.122. The van der Waals surface area contributed by atoms with Gasteiger partial charge in [-0.05, 0) is 65.1 Å². The quantitative estimate of drug-likeness (QED) is 0.257. The van der Waals surface area contributed by atoms with Crippen LogP contribution in [0.1, 0.15) is 19.3 Å². The van der Waals surface area contributed by atoms with E-state index in [-0.39, 0.29) is 17.3 Å². The lowest BCUT2D eigenvalue weighted by Gasteiger charge is -2.24. The number of thiophene rings is 1. The summed E-state index contributed by atoms with van der Waals surface area (Å²) in [6, 6.07) is 9.08. The highest BCUT2D eigenvalue weighted by Crippen LogP contribution is 2.35. The number of carbonyl (C=O) groups is 1. The van der Waals surface area contributed by atoms with Crippen LogP contribution in [0.2, 0.25) is 0 Å². The molecule has 5 heterocycles. The second-order valence-corrected chi connectivity index (χ2v) is 9.97. The van der Waals surface area contributed by atoms with Gasteiger partial charge in [0.05, 0.1) is 17.4 Å². The first-order chi connectivity index (χ1) is 18.1. The summed E-state index contributed by atoms with van der Waals surface area (Å²) in [5.74, 6) is 0.115. The molecule has 0 spiro atoms. The molecule has 37 heavy (non-hydrogen) atoms. The molecule has 1 aliphatic carbocycles. The molecule has 0 radical (unpaired) electrons. The van der Waals surface area contributed by atoms with Crippen molar-refractivity contribution < 1.29 is 9.18 Å². The Kier molecular flexibility index (Phi) is 5.07. The van der Waals surface area contributed by atoms with Crippen LogP contribution in [-0.4, -0.2) is 36.0 Å². The van der Waals surface area contributed by atoms with E-state index in [1.54, 1.807) is 29.9 Å². The summed E-state index contributed by atoms with van der Waals surface area (Å²) in [5, 5.41) is 14.8. The van der Waals surface area contributed by atoms with Crippen LogP contribution in [0, 0.1) is 11.7 Å². The van der Waals surface area contributed by atoms with Gasteiger partial charge >= 0.3 is 0 Å². The van der Waals surface area contributed by atoms with E-state index in [2.05, 4.69) is 40.8 Å². The number of nitrogens with one attached hydrogen (secondary N) is 3. The number of benzene rings is 1. The smallest absolute Gasteiger partial charge is 0.227 e. The maximum atomic E-state index is 15.2. The average molecular weight is 510 g/mol. The Hall–Kier alpha value is -4.44. The lowest BCUT2D eigenvalue weighted by atomic mass is 9.85. The van der Waals surface area contributed by atoms with Crippen LogP contribution >= 0.6 is 11.3 Å². The maximum Gasteiger partial charge on any atom is 0.227 e. The Bertz CT molecular complexity index is 1790. The third-order valence-electron chi connectivity index (χ3n) is 6.89. The number of H-pyrrole nitrogens is 2. The topological polar surface area (TPSA) is 112 Å². The average Bonchev–Trinajstić information content (AvgIpc) is 3.61. The van der Waals surface area contributed by atoms with Crippen LogP contribution in [0.15, 0.2) is 59.7 Å². The van der Waals surface area contributed by atoms with Crippen molar-refractivity contribution in [2.24, 2.45) is 5.92 Å². The highest BCUT2D eigenvalue weighted by atomic mass is 32.1. The molecule has 7 rings (SSSR count). The number of nitrogens with zero attached hydrogens (tertiary/aromatic N) is 4. The number of hydrogen-bond donors (Lipinski definition) is 3. The molecule has 1 aliphatic rings. The summed E-state index contributed by atoms with van der Waals surface area (Å²) in [5.41, 5.74) is 6.11. The normalized spacial score (nSPS) is 13.8. The van der Waals surface area contributed by atoms with Gasteiger partial charge in [-0.2, -0.15) is 16.4 Å². The third-order valence-corrected chi connectivity index (χ3v) is 7.57. The molecule has 0 unspecified atom stereocenters. The zero-order valence-electron chi connectivity index (χ0n) is 19.5. The fourth-order valence-electron chi connectivity index (χ4n) is 4.69. The van der Waals surface area contributed by atoms with Crippen molar-refractivity contribution in [2.45, 2.75) is 19.3 Å². The standard InChI is InChI=1S/C27H20FN7OS/c28-21-10-16(17-8-18(12-29-11-17)31-27(36)14-2-1-3-14)9-20-22(21)34-35-24(20)26-32-23-19(15-5-7-37-13-15)4-6-30-25(23)33-26/h4-14H,1-3H2,(H,31,36)(H,34,35)(H,30,32,33). The molecular weight excluding hydrogens is 489 g/mol. The summed E-state index contributed by atoms with van der Waals surface area (Å²) in [6.45, 7) is 0. The monoisotopic (exact) mass is 509 g/mol. The van der Waals surface area contributed by atoms with Gasteiger partial charge < -0.3 is 10.3 Å². The molecule has 0 aliphatic heterocycles. The molecule has 10 heteroatoms. The van der Waals surface area contributed by atoms with E-state index in [0.717, 1.165) is 35.9 Å². The first-order valence-electron chi connectivity index (χ1n) is 12.0. The molecule has 1 saturated carbocycles. The number of rotatable bonds is 5. The fourth-order valence-corrected chi connectivity index (χ4v) is 5.35. The van der Waals surface area contributed by atoms with Crippen molar-refractivity contribution in [1.29, 1.82) is 0 Å². The summed E-state index contributed by atoms with van der Waals surface area (Å²) in [6.07, 6.45) is 7.89. The van der Waals surface area contributed by atoms with E-state index in [9.17, 15) is 4.79 Å². The largest absolute Gasteiger partial charge is 0.335 e. The molecule has 1 aromatic carbocycles. The van der Waals surface area contributed by atoms with Gasteiger partial charge in [-0.15, -0.1) is 0 Å². The van der Waals surface area contributed by atoms with Gasteiger partial charge in [-0.1, -0.05) is 6.42 Å². The number of anilines is 1. The minimum atomic E-state index is -0.466. The number of aromatic nitrogens is 6. The molecule has 182 valence electrons. The van der Waals surface area contributed by atoms with Crippen LogP contribution < -0.4 is 5.32 Å². The molecule has 0 saturated heterocycles. The van der Waals surface area contributed by atoms with E-state index in [1.807, 2.05) is 29.6 Å². The molecule has 8 nitrogen and oxygen atoms in total. The lowest BCUT2D eigenvalue weighted by Crippen LogP contribution is -2.28. The summed E-state index contributed by atoms with van der Waals surface area (Å²) < 4.78 is 15.2. The zero-order valence-corrected chi connectivity index (χ0v) is 20.3. The van der Waals surface area contributed by atoms with E-state index in [4.69, 9.17) is 0 Å². The molecule has 1 fully saturated rings. The summed E-state index contributed by atoms with van der Waals surface area (Å²) in [4.78, 5) is 29.1. The van der Waals surface area contributed by atoms with Gasteiger partial charge in [-0.3, -0.25) is 14.9 Å². The van der Waals surface area contributed by atoms with Gasteiger partial charge in [0.2, 0.25) is 5.91 Å². The van der Waals surface area contributed by atoms with Crippen molar-refractivity contribution in [2.75, 3.05) is 5.32 Å². The minimum absolute atomic E-state index is 0.00395. The van der Waals surface area contributed by atoms with E-state index in [1.165, 1.54) is 6.07 Å². The van der Waals surface area contributed by atoms with Crippen LogP contribution in [0.4, 0.5) is 10.1 Å². The molecule has 3 N–H and O–H groups in total. The second kappa shape index (κ2) is 8.59. The number of carbonyl (C=O) groups excluding carboxylic acids is 1. The van der Waals surface area contributed by atoms with Crippen LogP contribution in [0.5, 0.6) is 0 Å². The van der Waals surface area contributed by atoms with Crippen molar-refractivity contribution in [3.63, 3.8) is 0 Å². The molecule has 0 atom stereocenters. The minimum Gasteiger partial charge on any atom is -0.335 e. The number of pyridine rings is 2. The van der Waals surface area contributed by atoms with Crippen molar-refractivity contribution in [1.82, 2.24) is 30.1 Å². The van der Waals surface area contributed by atoms with Gasteiger partial charge in [0.25, 0.3) is 0 Å². The number of hydrogen-bond acceptors (Lipinski definition) is 6. The Labute approximate surface area is 214 Å². The van der Waals surface area contributed by atoms with Crippen molar-refractivity contribution in [3.05, 3.63) is 65.5 Å². The molecule has 5 aromatic heterocycles. The fraction of sp³-hybridized carbons (Fsp3) is 0.148. The number of aromatic amines is 2. The Balaban J connectivity index is 1.29. The van der Waals surface area contributed by atoms with E-state index in [0.29, 0.717) is 39.4 Å². The molecule has 1 amide bonds. The number of amides is 1. The highest BCUT2D eigenvalue weighted by molar-refractivity contribution is 7.08. The van der Waals surface area contributed by atoms with Gasteiger partial charge in [0, 0.05) is 34.8 Å². The summed E-state index contributed by atoms with van der Waals surface area (Å²) in [7, 11) is 0. The maximum absolute atomic E-state index is 15.2.